The maximum atomic E-state index is 9.69. The Balaban J connectivity index is 2.44. The first-order valence-corrected chi connectivity index (χ1v) is 4.41. The molecular weight excluding hydrogens is 162 g/mol. The summed E-state index contributed by atoms with van der Waals surface area (Å²) < 4.78 is 0. The van der Waals surface area contributed by atoms with Crippen molar-refractivity contribution in [2.24, 2.45) is 0 Å². The number of nitrogens with zero attached hydrogens (tertiary/aromatic N) is 1. The van der Waals surface area contributed by atoms with Gasteiger partial charge in [0.15, 0.2) is 0 Å². The zero-order chi connectivity index (χ0) is 9.68. The molecule has 1 rings (SSSR count). The van der Waals surface area contributed by atoms with E-state index in [1.165, 1.54) is 0 Å². The van der Waals surface area contributed by atoms with Crippen molar-refractivity contribution in [3.63, 3.8) is 0 Å². The summed E-state index contributed by atoms with van der Waals surface area (Å²) in [4.78, 5) is 2.05. The molecule has 0 aliphatic carbocycles. The van der Waals surface area contributed by atoms with Crippen molar-refractivity contribution < 1.29 is 5.11 Å². The van der Waals surface area contributed by atoms with Gasteiger partial charge < -0.3 is 10.0 Å². The van der Waals surface area contributed by atoms with E-state index in [-0.39, 0.29) is 0 Å². The quantitative estimate of drug-likeness (QED) is 0.748. The minimum Gasteiger partial charge on any atom is -0.388 e. The lowest BCUT2D eigenvalue weighted by Gasteiger charge is -2.12. The fourth-order valence-corrected chi connectivity index (χ4v) is 1.10. The third kappa shape index (κ3) is 3.45. The predicted octanol–water partition coefficient (Wildman–Crippen LogP) is 1.27. The summed E-state index contributed by atoms with van der Waals surface area (Å²) in [7, 11) is 3.99. The van der Waals surface area contributed by atoms with Gasteiger partial charge in [-0.2, -0.15) is 0 Å². The normalized spacial score (nSPS) is 12.6. The molecule has 1 N–H and O–H groups in total. The van der Waals surface area contributed by atoms with Crippen molar-refractivity contribution in [2.45, 2.75) is 12.5 Å². The van der Waals surface area contributed by atoms with Crippen LogP contribution in [0.25, 0.3) is 0 Å². The molecule has 2 heteroatoms. The summed E-state index contributed by atoms with van der Waals surface area (Å²) in [6, 6.07) is 11.2. The first-order valence-electron chi connectivity index (χ1n) is 4.41. The average molecular weight is 177 g/mol. The molecule has 0 aliphatic rings. The molecular formula is C11H15NO. The maximum absolute atomic E-state index is 9.69. The zero-order valence-corrected chi connectivity index (χ0v) is 8.12. The molecule has 70 valence electrons. The molecule has 0 spiro atoms. The van der Waals surface area contributed by atoms with Gasteiger partial charge in [0.2, 0.25) is 0 Å². The molecule has 1 aromatic rings. The van der Waals surface area contributed by atoms with Crippen molar-refractivity contribution in [1.82, 2.24) is 4.90 Å². The van der Waals surface area contributed by atoms with E-state index in [9.17, 15) is 5.11 Å². The van der Waals surface area contributed by atoms with Gasteiger partial charge in [0.1, 0.15) is 0 Å². The number of aliphatic hydroxyl groups is 1. The standard InChI is InChI=1S/C11H15NO/c1-12(2)9-8-11(13)10-6-4-3-5-7-10/h3-4,6,11,13H,8-9H2,1-2H3. The Morgan fingerprint density at radius 1 is 1.54 bits per heavy atom. The third-order valence-electron chi connectivity index (χ3n) is 1.88. The highest BCUT2D eigenvalue weighted by Gasteiger charge is 2.06. The minimum absolute atomic E-state index is 0.417. The summed E-state index contributed by atoms with van der Waals surface area (Å²) in [5.74, 6) is 0. The highest BCUT2D eigenvalue weighted by molar-refractivity contribution is 5.10. The van der Waals surface area contributed by atoms with Crippen molar-refractivity contribution in [1.29, 1.82) is 0 Å². The van der Waals surface area contributed by atoms with Crippen LogP contribution < -0.4 is 0 Å². The molecule has 0 radical (unpaired) electrons. The van der Waals surface area contributed by atoms with Crippen LogP contribution in [0.5, 0.6) is 0 Å². The lowest BCUT2D eigenvalue weighted by Crippen LogP contribution is -2.15. The summed E-state index contributed by atoms with van der Waals surface area (Å²) in [6.07, 6.45) is 0.321. The van der Waals surface area contributed by atoms with Crippen LogP contribution in [0.4, 0.5) is 0 Å². The molecule has 13 heavy (non-hydrogen) atoms. The van der Waals surface area contributed by atoms with E-state index in [4.69, 9.17) is 0 Å². The molecule has 1 aromatic carbocycles. The van der Waals surface area contributed by atoms with E-state index in [0.29, 0.717) is 0 Å². The lowest BCUT2D eigenvalue weighted by atomic mass is 10.1. The molecule has 0 saturated heterocycles. The second-order valence-corrected chi connectivity index (χ2v) is 3.36. The first-order chi connectivity index (χ1) is 6.20. The Kier molecular flexibility index (Phi) is 3.75. The third-order valence-corrected chi connectivity index (χ3v) is 1.88. The summed E-state index contributed by atoms with van der Waals surface area (Å²) in [6.45, 7) is 0.879. The molecule has 0 aromatic heterocycles. The van der Waals surface area contributed by atoms with Gasteiger partial charge in [-0.15, -0.1) is 0 Å². The van der Waals surface area contributed by atoms with Crippen LogP contribution in [0.3, 0.4) is 0 Å². The van der Waals surface area contributed by atoms with Crippen LogP contribution in [0.1, 0.15) is 18.1 Å². The Hall–Kier alpha value is -1.04. The minimum atomic E-state index is -0.417. The van der Waals surface area contributed by atoms with Gasteiger partial charge in [0, 0.05) is 12.1 Å². The monoisotopic (exact) mass is 177 g/mol. The van der Waals surface area contributed by atoms with Crippen LogP contribution in [0.2, 0.25) is 0 Å². The van der Waals surface area contributed by atoms with Crippen LogP contribution >= 0.6 is 0 Å². The summed E-state index contributed by atoms with van der Waals surface area (Å²) in [5.41, 5.74) is 0.823. The fraction of sp³-hybridized carbons (Fsp3) is 0.455. The molecule has 0 fully saturated rings. The largest absolute Gasteiger partial charge is 0.388 e. The number of aliphatic hydroxyl groups excluding tert-OH is 1. The zero-order valence-electron chi connectivity index (χ0n) is 8.12. The summed E-state index contributed by atoms with van der Waals surface area (Å²) in [5, 5.41) is 9.69. The molecule has 0 amide bonds. The summed E-state index contributed by atoms with van der Waals surface area (Å²) >= 11 is 0. The van der Waals surface area contributed by atoms with E-state index >= 15 is 0 Å². The predicted molar refractivity (Wildman–Crippen MR) is 52.2 cm³/mol. The first kappa shape index (κ1) is 10.0. The highest BCUT2D eigenvalue weighted by atomic mass is 16.3. The van der Waals surface area contributed by atoms with Gasteiger partial charge in [0.25, 0.3) is 0 Å². The Bertz CT molecular complexity index is 233. The van der Waals surface area contributed by atoms with Crippen molar-refractivity contribution in [3.05, 3.63) is 35.9 Å². The molecule has 0 aliphatic heterocycles. The number of rotatable bonds is 4. The molecule has 0 heterocycles. The Morgan fingerprint density at radius 3 is 2.85 bits per heavy atom. The van der Waals surface area contributed by atoms with Gasteiger partial charge in [0.05, 0.1) is 6.10 Å². The van der Waals surface area contributed by atoms with E-state index in [2.05, 4.69) is 17.0 Å². The van der Waals surface area contributed by atoms with Gasteiger partial charge in [-0.05, 0) is 32.6 Å². The smallest absolute Gasteiger partial charge is 0.0880 e. The second-order valence-electron chi connectivity index (χ2n) is 3.36. The number of hydrogen-bond donors (Lipinski definition) is 1. The van der Waals surface area contributed by atoms with Crippen LogP contribution in [0, 0.1) is 12.1 Å². The second kappa shape index (κ2) is 4.86. The van der Waals surface area contributed by atoms with Crippen LogP contribution in [0.15, 0.2) is 18.2 Å². The van der Waals surface area contributed by atoms with E-state index in [0.717, 1.165) is 18.5 Å². The Morgan fingerprint density at radius 2 is 2.31 bits per heavy atom. The van der Waals surface area contributed by atoms with Crippen LogP contribution in [-0.2, 0) is 0 Å². The maximum Gasteiger partial charge on any atom is 0.0880 e. The van der Waals surface area contributed by atoms with Gasteiger partial charge >= 0.3 is 0 Å². The molecule has 0 bridgehead atoms. The molecule has 2 nitrogen and oxygen atoms in total. The average Bonchev–Trinajstić information content (AvgIpc) is 2.15. The van der Waals surface area contributed by atoms with E-state index in [1.807, 2.05) is 26.2 Å². The fourth-order valence-electron chi connectivity index (χ4n) is 1.10. The van der Waals surface area contributed by atoms with E-state index < -0.39 is 6.10 Å². The van der Waals surface area contributed by atoms with Gasteiger partial charge in [-0.25, -0.2) is 0 Å². The SMILES string of the molecule is CN(C)CCC(O)c1c#cccc1. The lowest BCUT2D eigenvalue weighted by molar-refractivity contribution is 0.154. The number of hydrogen-bond acceptors (Lipinski definition) is 2. The van der Waals surface area contributed by atoms with Crippen molar-refractivity contribution in [3.8, 4) is 0 Å². The van der Waals surface area contributed by atoms with Gasteiger partial charge in [-0.1, -0.05) is 18.2 Å². The van der Waals surface area contributed by atoms with Gasteiger partial charge in [-0.3, -0.25) is 0 Å². The molecule has 1 unspecified atom stereocenters. The van der Waals surface area contributed by atoms with Crippen LogP contribution in [-0.4, -0.2) is 30.6 Å². The van der Waals surface area contributed by atoms with Crippen molar-refractivity contribution >= 4 is 0 Å². The molecule has 1 atom stereocenters. The Labute approximate surface area is 79.8 Å². The topological polar surface area (TPSA) is 23.5 Å². The van der Waals surface area contributed by atoms with E-state index in [1.54, 1.807) is 6.07 Å². The highest BCUT2D eigenvalue weighted by Crippen LogP contribution is 2.13. The molecule has 0 saturated carbocycles. The van der Waals surface area contributed by atoms with Crippen molar-refractivity contribution in [2.75, 3.05) is 20.6 Å².